The second kappa shape index (κ2) is 9.39. The van der Waals surface area contributed by atoms with Gasteiger partial charge in [-0.2, -0.15) is 0 Å². The number of ether oxygens (including phenoxy) is 1. The third-order valence-electron chi connectivity index (χ3n) is 3.79. The van der Waals surface area contributed by atoms with E-state index in [2.05, 4.69) is 17.2 Å². The highest BCUT2D eigenvalue weighted by Gasteiger charge is 2.17. The van der Waals surface area contributed by atoms with Gasteiger partial charge in [0.15, 0.2) is 17.7 Å². The van der Waals surface area contributed by atoms with E-state index in [4.69, 9.17) is 9.84 Å². The van der Waals surface area contributed by atoms with Crippen LogP contribution in [0.4, 0.5) is 10.1 Å². The van der Waals surface area contributed by atoms with Crippen LogP contribution in [0.15, 0.2) is 48.5 Å². The molecule has 2 unspecified atom stereocenters. The maximum Gasteiger partial charge on any atom is 0.304 e. The monoisotopic (exact) mass is 369 g/mol. The van der Waals surface area contributed by atoms with Gasteiger partial charge in [-0.3, -0.25) is 9.59 Å². The van der Waals surface area contributed by atoms with Gasteiger partial charge >= 0.3 is 5.97 Å². The molecule has 2 rings (SSSR count). The highest BCUT2D eigenvalue weighted by atomic mass is 19.1. The van der Waals surface area contributed by atoms with Crippen molar-refractivity contribution in [3.05, 3.63) is 59.9 Å². The lowest BCUT2D eigenvalue weighted by atomic mass is 9.96. The summed E-state index contributed by atoms with van der Waals surface area (Å²) in [6, 6.07) is 12.6. The molecule has 0 saturated carbocycles. The van der Waals surface area contributed by atoms with Crippen LogP contribution in [-0.4, -0.2) is 23.1 Å². The molecule has 2 N–H and O–H groups in total. The van der Waals surface area contributed by atoms with E-state index in [-0.39, 0.29) is 12.2 Å². The standard InChI is InChI=1S/C21H20FNO4/c1-3-6-16(13-20(24)25)15-9-11-17(12-10-15)23-21(26)14(2)27-19-8-5-4-7-18(19)22/h4-5,7-12,14,16H,13H2,1-2H3,(H,23,26)(H,24,25). The first kappa shape index (κ1) is 20.0. The third kappa shape index (κ3) is 5.86. The average molecular weight is 369 g/mol. The maximum absolute atomic E-state index is 13.6. The van der Waals surface area contributed by atoms with Gasteiger partial charge < -0.3 is 15.2 Å². The van der Waals surface area contributed by atoms with E-state index < -0.39 is 29.7 Å². The molecule has 5 nitrogen and oxygen atoms in total. The number of rotatable bonds is 7. The predicted octanol–water partition coefficient (Wildman–Crippen LogP) is 3.81. The van der Waals surface area contributed by atoms with Crippen LogP contribution >= 0.6 is 0 Å². The van der Waals surface area contributed by atoms with Gasteiger partial charge in [0.2, 0.25) is 0 Å². The van der Waals surface area contributed by atoms with Crippen molar-refractivity contribution in [3.8, 4) is 17.6 Å². The lowest BCUT2D eigenvalue weighted by Crippen LogP contribution is -2.30. The minimum atomic E-state index is -0.931. The molecular formula is C21H20FNO4. The molecule has 0 bridgehead atoms. The van der Waals surface area contributed by atoms with Crippen LogP contribution < -0.4 is 10.1 Å². The van der Waals surface area contributed by atoms with Crippen LogP contribution in [-0.2, 0) is 9.59 Å². The fraction of sp³-hybridized carbons (Fsp3) is 0.238. The molecule has 2 atom stereocenters. The number of hydrogen-bond donors (Lipinski definition) is 2. The molecule has 0 aliphatic heterocycles. The van der Waals surface area contributed by atoms with E-state index >= 15 is 0 Å². The van der Waals surface area contributed by atoms with E-state index in [1.165, 1.54) is 25.1 Å². The smallest absolute Gasteiger partial charge is 0.304 e. The molecule has 140 valence electrons. The van der Waals surface area contributed by atoms with E-state index in [1.54, 1.807) is 37.3 Å². The van der Waals surface area contributed by atoms with Crippen molar-refractivity contribution in [1.29, 1.82) is 0 Å². The largest absolute Gasteiger partial charge is 0.481 e. The predicted molar refractivity (Wildman–Crippen MR) is 100 cm³/mol. The summed E-state index contributed by atoms with van der Waals surface area (Å²) in [5.74, 6) is 3.29. The van der Waals surface area contributed by atoms with Crippen molar-refractivity contribution in [2.45, 2.75) is 32.3 Å². The van der Waals surface area contributed by atoms with Gasteiger partial charge in [0, 0.05) is 5.69 Å². The van der Waals surface area contributed by atoms with E-state index in [0.717, 1.165) is 5.56 Å². The number of carboxylic acid groups (broad SMARTS) is 1. The van der Waals surface area contributed by atoms with Crippen LogP contribution in [0.1, 0.15) is 31.7 Å². The molecule has 0 saturated heterocycles. The Morgan fingerprint density at radius 2 is 1.85 bits per heavy atom. The Kier molecular flexibility index (Phi) is 6.95. The molecule has 6 heteroatoms. The molecule has 2 aromatic rings. The van der Waals surface area contributed by atoms with Crippen molar-refractivity contribution in [3.63, 3.8) is 0 Å². The van der Waals surface area contributed by atoms with Gasteiger partial charge in [0.05, 0.1) is 12.3 Å². The molecule has 1 amide bonds. The van der Waals surface area contributed by atoms with Crippen molar-refractivity contribution in [2.75, 3.05) is 5.32 Å². The molecule has 0 fully saturated rings. The first-order valence-electron chi connectivity index (χ1n) is 8.36. The Morgan fingerprint density at radius 3 is 2.44 bits per heavy atom. The van der Waals surface area contributed by atoms with E-state index in [1.807, 2.05) is 0 Å². The number of aliphatic carboxylic acids is 1. The number of hydrogen-bond acceptors (Lipinski definition) is 3. The topological polar surface area (TPSA) is 75.6 Å². The zero-order valence-electron chi connectivity index (χ0n) is 15.0. The summed E-state index contributed by atoms with van der Waals surface area (Å²) in [7, 11) is 0. The Hall–Kier alpha value is -3.33. The molecular weight excluding hydrogens is 349 g/mol. The quantitative estimate of drug-likeness (QED) is 0.728. The zero-order valence-corrected chi connectivity index (χ0v) is 15.0. The summed E-state index contributed by atoms with van der Waals surface area (Å²) < 4.78 is 19.0. The van der Waals surface area contributed by atoms with Crippen LogP contribution in [0.3, 0.4) is 0 Å². The van der Waals surface area contributed by atoms with Gasteiger partial charge in [-0.15, -0.1) is 5.92 Å². The highest BCUT2D eigenvalue weighted by Crippen LogP contribution is 2.22. The van der Waals surface area contributed by atoms with Crippen LogP contribution in [0, 0.1) is 17.7 Å². The first-order chi connectivity index (χ1) is 12.9. The van der Waals surface area contributed by atoms with Gasteiger partial charge in [0.25, 0.3) is 5.91 Å². The van der Waals surface area contributed by atoms with Gasteiger partial charge in [-0.25, -0.2) is 4.39 Å². The van der Waals surface area contributed by atoms with Gasteiger partial charge in [-0.05, 0) is 43.7 Å². The van der Waals surface area contributed by atoms with Crippen LogP contribution in [0.25, 0.3) is 0 Å². The highest BCUT2D eigenvalue weighted by molar-refractivity contribution is 5.94. The SMILES string of the molecule is CC#CC(CC(=O)O)c1ccc(NC(=O)C(C)Oc2ccccc2F)cc1. The minimum absolute atomic E-state index is 0.00477. The number of anilines is 1. The average Bonchev–Trinajstić information content (AvgIpc) is 2.63. The van der Waals surface area contributed by atoms with Crippen molar-refractivity contribution in [1.82, 2.24) is 0 Å². The Balaban J connectivity index is 2.02. The summed E-state index contributed by atoms with van der Waals surface area (Å²) in [5.41, 5.74) is 1.27. The summed E-state index contributed by atoms with van der Waals surface area (Å²) >= 11 is 0. The molecule has 27 heavy (non-hydrogen) atoms. The molecule has 0 heterocycles. The number of carbonyl (C=O) groups excluding carboxylic acids is 1. The summed E-state index contributed by atoms with van der Waals surface area (Å²) in [5, 5.41) is 11.7. The fourth-order valence-electron chi connectivity index (χ4n) is 2.43. The number of carboxylic acids is 1. The molecule has 0 spiro atoms. The Labute approximate surface area is 157 Å². The number of halogens is 1. The molecule has 0 radical (unpaired) electrons. The Morgan fingerprint density at radius 1 is 1.19 bits per heavy atom. The molecule has 0 aliphatic rings. The second-order valence-corrected chi connectivity index (χ2v) is 5.85. The number of nitrogens with one attached hydrogen (secondary N) is 1. The van der Waals surface area contributed by atoms with Crippen molar-refractivity contribution < 1.29 is 23.8 Å². The Bertz CT molecular complexity index is 868. The number of para-hydroxylation sites is 1. The fourth-order valence-corrected chi connectivity index (χ4v) is 2.43. The summed E-state index contributed by atoms with van der Waals surface area (Å²) in [6.07, 6.45) is -0.993. The van der Waals surface area contributed by atoms with Crippen molar-refractivity contribution in [2.24, 2.45) is 0 Å². The number of amides is 1. The van der Waals surface area contributed by atoms with Crippen LogP contribution in [0.5, 0.6) is 5.75 Å². The number of benzene rings is 2. The van der Waals surface area contributed by atoms with E-state index in [0.29, 0.717) is 5.69 Å². The maximum atomic E-state index is 13.6. The minimum Gasteiger partial charge on any atom is -0.481 e. The first-order valence-corrected chi connectivity index (χ1v) is 8.36. The molecule has 2 aromatic carbocycles. The third-order valence-corrected chi connectivity index (χ3v) is 3.79. The lowest BCUT2D eigenvalue weighted by Gasteiger charge is -2.15. The van der Waals surface area contributed by atoms with Gasteiger partial charge in [0.1, 0.15) is 0 Å². The molecule has 0 aliphatic carbocycles. The summed E-state index contributed by atoms with van der Waals surface area (Å²) in [6.45, 7) is 3.18. The lowest BCUT2D eigenvalue weighted by molar-refractivity contribution is -0.137. The van der Waals surface area contributed by atoms with Gasteiger partial charge in [-0.1, -0.05) is 30.2 Å². The summed E-state index contributed by atoms with van der Waals surface area (Å²) in [4.78, 5) is 23.2. The van der Waals surface area contributed by atoms with Crippen LogP contribution in [0.2, 0.25) is 0 Å². The number of carbonyl (C=O) groups is 2. The van der Waals surface area contributed by atoms with E-state index in [9.17, 15) is 14.0 Å². The normalized spacial score (nSPS) is 12.3. The second-order valence-electron chi connectivity index (χ2n) is 5.85. The molecule has 0 aromatic heterocycles. The van der Waals surface area contributed by atoms with Crippen molar-refractivity contribution >= 4 is 17.6 Å². The zero-order chi connectivity index (χ0) is 19.8.